The van der Waals surface area contributed by atoms with Crippen LogP contribution < -0.4 is 10.1 Å². The van der Waals surface area contributed by atoms with Crippen molar-refractivity contribution in [1.29, 1.82) is 0 Å². The number of benzene rings is 1. The molecule has 4 heteroatoms. The van der Waals surface area contributed by atoms with Crippen molar-refractivity contribution in [3.8, 4) is 5.75 Å². The van der Waals surface area contributed by atoms with Gasteiger partial charge in [0.15, 0.2) is 0 Å². The Morgan fingerprint density at radius 1 is 1.41 bits per heavy atom. The lowest BCUT2D eigenvalue weighted by Crippen LogP contribution is -2.11. The molecule has 0 aliphatic heterocycles. The zero-order valence-corrected chi connectivity index (χ0v) is 10.8. The fraction of sp³-hybridized carbons (Fsp3) is 0.462. The minimum Gasteiger partial charge on any atom is -0.492 e. The van der Waals surface area contributed by atoms with Gasteiger partial charge in [0.25, 0.3) is 0 Å². The largest absolute Gasteiger partial charge is 0.492 e. The monoisotopic (exact) mass is 255 g/mol. The van der Waals surface area contributed by atoms with Crippen LogP contribution in [-0.4, -0.2) is 19.6 Å². The molecule has 0 fully saturated rings. The van der Waals surface area contributed by atoms with Gasteiger partial charge in [-0.3, -0.25) is 4.79 Å². The van der Waals surface area contributed by atoms with Gasteiger partial charge >= 0.3 is 0 Å². The van der Waals surface area contributed by atoms with E-state index in [4.69, 9.17) is 16.3 Å². The first-order valence-corrected chi connectivity index (χ1v) is 6.24. The summed E-state index contributed by atoms with van der Waals surface area (Å²) in [5, 5.41) is 3.30. The zero-order valence-electron chi connectivity index (χ0n) is 10.0. The lowest BCUT2D eigenvalue weighted by molar-refractivity contribution is -0.109. The van der Waals surface area contributed by atoms with Crippen molar-refractivity contribution < 1.29 is 9.53 Å². The van der Waals surface area contributed by atoms with Crippen LogP contribution in [0.3, 0.4) is 0 Å². The van der Waals surface area contributed by atoms with Gasteiger partial charge in [-0.15, -0.1) is 0 Å². The summed E-state index contributed by atoms with van der Waals surface area (Å²) in [7, 11) is 0. The molecule has 1 N–H and O–H groups in total. The third-order valence-corrected chi connectivity index (χ3v) is 2.73. The van der Waals surface area contributed by atoms with Crippen LogP contribution in [-0.2, 0) is 11.2 Å². The van der Waals surface area contributed by atoms with E-state index in [-0.39, 0.29) is 0 Å². The molecule has 1 aromatic rings. The summed E-state index contributed by atoms with van der Waals surface area (Å²) in [5.74, 6) is 0.748. The Balaban J connectivity index is 2.42. The number of nitrogens with one attached hydrogen (secondary N) is 1. The molecular formula is C13H18ClNO2. The van der Waals surface area contributed by atoms with E-state index >= 15 is 0 Å². The van der Waals surface area contributed by atoms with Crippen molar-refractivity contribution in [2.24, 2.45) is 0 Å². The van der Waals surface area contributed by atoms with E-state index in [1.54, 1.807) is 0 Å². The van der Waals surface area contributed by atoms with Gasteiger partial charge in [0.2, 0.25) is 6.41 Å². The van der Waals surface area contributed by atoms with Gasteiger partial charge in [-0.25, -0.2) is 0 Å². The van der Waals surface area contributed by atoms with Crippen molar-refractivity contribution in [3.63, 3.8) is 0 Å². The Bertz CT molecular complexity index is 355. The summed E-state index contributed by atoms with van der Waals surface area (Å²) >= 11 is 6.00. The first-order valence-electron chi connectivity index (χ1n) is 5.86. The molecule has 94 valence electrons. The molecule has 0 aliphatic rings. The first-order chi connectivity index (χ1) is 8.27. The number of rotatable bonds is 8. The fourth-order valence-electron chi connectivity index (χ4n) is 1.58. The Morgan fingerprint density at radius 2 is 2.24 bits per heavy atom. The van der Waals surface area contributed by atoms with Gasteiger partial charge in [0.05, 0.1) is 11.6 Å². The lowest BCUT2D eigenvalue weighted by atomic mass is 10.1. The van der Waals surface area contributed by atoms with E-state index in [0.717, 1.165) is 38.0 Å². The summed E-state index contributed by atoms with van der Waals surface area (Å²) in [6.07, 6.45) is 3.71. The molecule has 0 saturated heterocycles. The third kappa shape index (κ3) is 5.09. The van der Waals surface area contributed by atoms with Gasteiger partial charge in [0.1, 0.15) is 5.75 Å². The molecular weight excluding hydrogens is 238 g/mol. The number of amides is 1. The number of aryl methyl sites for hydroxylation is 1. The highest BCUT2D eigenvalue weighted by atomic mass is 35.5. The van der Waals surface area contributed by atoms with Crippen molar-refractivity contribution in [1.82, 2.24) is 5.32 Å². The number of ether oxygens (including phenoxy) is 1. The predicted molar refractivity (Wildman–Crippen MR) is 69.6 cm³/mol. The molecule has 0 spiro atoms. The van der Waals surface area contributed by atoms with Gasteiger partial charge in [-0.1, -0.05) is 17.7 Å². The molecule has 1 rings (SSSR count). The molecule has 3 nitrogen and oxygen atoms in total. The second-order valence-electron chi connectivity index (χ2n) is 3.73. The number of halogens is 1. The summed E-state index contributed by atoms with van der Waals surface area (Å²) in [5.41, 5.74) is 1.21. The Kier molecular flexibility index (Phi) is 6.48. The molecule has 1 amide bonds. The molecule has 0 heterocycles. The topological polar surface area (TPSA) is 38.3 Å². The Morgan fingerprint density at radius 3 is 2.94 bits per heavy atom. The predicted octanol–water partition coefficient (Wildman–Crippen LogP) is 2.81. The Labute approximate surface area is 107 Å². The smallest absolute Gasteiger partial charge is 0.207 e. The van der Waals surface area contributed by atoms with Gasteiger partial charge in [-0.05, 0) is 43.9 Å². The molecule has 0 radical (unpaired) electrons. The first kappa shape index (κ1) is 13.8. The average Bonchev–Trinajstić information content (AvgIpc) is 2.33. The van der Waals surface area contributed by atoms with Crippen LogP contribution in [0.4, 0.5) is 0 Å². The maximum absolute atomic E-state index is 10.0. The van der Waals surface area contributed by atoms with Crippen molar-refractivity contribution in [2.75, 3.05) is 13.2 Å². The summed E-state index contributed by atoms with van der Waals surface area (Å²) in [6.45, 7) is 3.29. The summed E-state index contributed by atoms with van der Waals surface area (Å²) in [4.78, 5) is 10.0. The third-order valence-electron chi connectivity index (χ3n) is 2.42. The van der Waals surface area contributed by atoms with Crippen molar-refractivity contribution >= 4 is 18.0 Å². The highest BCUT2D eigenvalue weighted by Crippen LogP contribution is 2.26. The number of unbranched alkanes of at least 4 members (excludes halogenated alkanes) is 1. The van der Waals surface area contributed by atoms with Crippen LogP contribution >= 0.6 is 11.6 Å². The quantitative estimate of drug-likeness (QED) is 0.573. The SMILES string of the molecule is CCOc1cc(CCCCNC=O)ccc1Cl. The normalized spacial score (nSPS) is 10.0. The standard InChI is InChI=1S/C13H18ClNO2/c1-2-17-13-9-11(6-7-12(13)14)5-3-4-8-15-10-16/h6-7,9-10H,2-5,8H2,1H3,(H,15,16). The molecule has 0 aromatic heterocycles. The number of hydrogen-bond donors (Lipinski definition) is 1. The fourth-order valence-corrected chi connectivity index (χ4v) is 1.76. The van der Waals surface area contributed by atoms with E-state index in [1.165, 1.54) is 5.56 Å². The number of hydrogen-bond acceptors (Lipinski definition) is 2. The lowest BCUT2D eigenvalue weighted by Gasteiger charge is -2.08. The van der Waals surface area contributed by atoms with E-state index in [0.29, 0.717) is 11.6 Å². The van der Waals surface area contributed by atoms with Crippen LogP contribution in [0.15, 0.2) is 18.2 Å². The second kappa shape index (κ2) is 7.96. The van der Waals surface area contributed by atoms with E-state index < -0.39 is 0 Å². The molecule has 0 bridgehead atoms. The van der Waals surface area contributed by atoms with E-state index in [9.17, 15) is 4.79 Å². The maximum Gasteiger partial charge on any atom is 0.207 e. The molecule has 1 aromatic carbocycles. The minimum absolute atomic E-state index is 0.617. The molecule has 17 heavy (non-hydrogen) atoms. The highest BCUT2D eigenvalue weighted by Gasteiger charge is 2.02. The van der Waals surface area contributed by atoms with Crippen LogP contribution in [0.1, 0.15) is 25.3 Å². The number of carbonyl (C=O) groups excluding carboxylic acids is 1. The van der Waals surface area contributed by atoms with Crippen LogP contribution in [0, 0.1) is 0 Å². The summed E-state index contributed by atoms with van der Waals surface area (Å²) in [6, 6.07) is 5.86. The van der Waals surface area contributed by atoms with Crippen LogP contribution in [0.2, 0.25) is 5.02 Å². The Hall–Kier alpha value is -1.22. The zero-order chi connectivity index (χ0) is 12.5. The maximum atomic E-state index is 10.0. The van der Waals surface area contributed by atoms with Gasteiger partial charge < -0.3 is 10.1 Å². The summed E-state index contributed by atoms with van der Waals surface area (Å²) < 4.78 is 5.43. The van der Waals surface area contributed by atoms with Crippen LogP contribution in [0.25, 0.3) is 0 Å². The average molecular weight is 256 g/mol. The second-order valence-corrected chi connectivity index (χ2v) is 4.13. The van der Waals surface area contributed by atoms with Crippen LogP contribution in [0.5, 0.6) is 5.75 Å². The van der Waals surface area contributed by atoms with E-state index in [2.05, 4.69) is 5.32 Å². The number of carbonyl (C=O) groups is 1. The molecule has 0 aliphatic carbocycles. The van der Waals surface area contributed by atoms with Gasteiger partial charge in [-0.2, -0.15) is 0 Å². The van der Waals surface area contributed by atoms with Gasteiger partial charge in [0, 0.05) is 6.54 Å². The van der Waals surface area contributed by atoms with Crippen molar-refractivity contribution in [2.45, 2.75) is 26.2 Å². The molecule has 0 atom stereocenters. The van der Waals surface area contributed by atoms with Crippen molar-refractivity contribution in [3.05, 3.63) is 28.8 Å². The highest BCUT2D eigenvalue weighted by molar-refractivity contribution is 6.32. The minimum atomic E-state index is 0.617. The molecule has 0 unspecified atom stereocenters. The molecule has 0 saturated carbocycles. The van der Waals surface area contributed by atoms with E-state index in [1.807, 2.05) is 25.1 Å².